The number of ether oxygens (including phenoxy) is 3. The summed E-state index contributed by atoms with van der Waals surface area (Å²) >= 11 is 0. The van der Waals surface area contributed by atoms with Gasteiger partial charge in [0.2, 0.25) is 0 Å². The number of aliphatic hydroxyl groups excluding tert-OH is 3. The van der Waals surface area contributed by atoms with E-state index in [2.05, 4.69) is 13.8 Å². The summed E-state index contributed by atoms with van der Waals surface area (Å²) in [6.07, 6.45) is 20.1. The molecular formula is C30H60O6. The topological polar surface area (TPSA) is 88.4 Å². The van der Waals surface area contributed by atoms with Gasteiger partial charge < -0.3 is 29.5 Å². The maximum absolute atomic E-state index is 10.4. The first-order chi connectivity index (χ1) is 17.6. The SMILES string of the molecule is CCCCCCCCCCCCOC[C@H](O)[C@@H]1O[C@H](OCCCCCCCCCCCC)[C@H](O)[C@H]1O. The maximum atomic E-state index is 10.4. The van der Waals surface area contributed by atoms with Crippen molar-refractivity contribution < 1.29 is 29.5 Å². The third-order valence-electron chi connectivity index (χ3n) is 7.35. The van der Waals surface area contributed by atoms with E-state index in [1.165, 1.54) is 103 Å². The summed E-state index contributed by atoms with van der Waals surface area (Å²) in [4.78, 5) is 0. The van der Waals surface area contributed by atoms with Crippen LogP contribution in [-0.4, -0.2) is 65.8 Å². The Morgan fingerprint density at radius 3 is 1.47 bits per heavy atom. The van der Waals surface area contributed by atoms with Crippen LogP contribution in [0, 0.1) is 0 Å². The fourth-order valence-electron chi connectivity index (χ4n) is 4.91. The number of aliphatic hydroxyl groups is 3. The zero-order valence-electron chi connectivity index (χ0n) is 23.7. The third kappa shape index (κ3) is 16.6. The summed E-state index contributed by atoms with van der Waals surface area (Å²) in [5.74, 6) is 0. The lowest BCUT2D eigenvalue weighted by atomic mass is 10.1. The Hall–Kier alpha value is -0.240. The summed E-state index contributed by atoms with van der Waals surface area (Å²) < 4.78 is 16.9. The molecule has 1 aliphatic rings. The Kier molecular flexibility index (Phi) is 22.4. The smallest absolute Gasteiger partial charge is 0.186 e. The lowest BCUT2D eigenvalue weighted by Gasteiger charge is -2.20. The van der Waals surface area contributed by atoms with Crippen LogP contribution in [-0.2, 0) is 14.2 Å². The first-order valence-corrected chi connectivity index (χ1v) is 15.5. The molecule has 0 radical (unpaired) electrons. The quantitative estimate of drug-likeness (QED) is 0.111. The predicted octanol–water partition coefficient (Wildman–Crippen LogP) is 6.67. The number of hydrogen-bond acceptors (Lipinski definition) is 6. The van der Waals surface area contributed by atoms with Crippen LogP contribution in [0.3, 0.4) is 0 Å². The lowest BCUT2D eigenvalue weighted by molar-refractivity contribution is -0.182. The molecule has 0 unspecified atom stereocenters. The van der Waals surface area contributed by atoms with E-state index in [9.17, 15) is 15.3 Å². The summed E-state index contributed by atoms with van der Waals surface area (Å²) in [5, 5.41) is 31.0. The summed E-state index contributed by atoms with van der Waals surface area (Å²) in [6, 6.07) is 0. The standard InChI is InChI=1S/C30H60O6/c1-3-5-7-9-11-13-15-17-19-21-23-34-25-26(31)29-27(32)28(33)30(36-29)35-24-22-20-18-16-14-12-10-8-6-4-2/h26-33H,3-25H2,1-2H3/t26-,27+,28+,29-,30-/m0/s1. The Bertz CT molecular complexity index is 463. The zero-order valence-corrected chi connectivity index (χ0v) is 23.7. The molecule has 5 atom stereocenters. The molecule has 1 aliphatic heterocycles. The van der Waals surface area contributed by atoms with Crippen LogP contribution in [0.25, 0.3) is 0 Å². The van der Waals surface area contributed by atoms with Gasteiger partial charge in [-0.1, -0.05) is 129 Å². The van der Waals surface area contributed by atoms with E-state index in [1.54, 1.807) is 0 Å². The van der Waals surface area contributed by atoms with Gasteiger partial charge in [0.1, 0.15) is 24.4 Å². The van der Waals surface area contributed by atoms with Crippen molar-refractivity contribution in [3.05, 3.63) is 0 Å². The van der Waals surface area contributed by atoms with Gasteiger partial charge in [-0.3, -0.25) is 0 Å². The third-order valence-corrected chi connectivity index (χ3v) is 7.35. The molecule has 1 rings (SSSR count). The average molecular weight is 517 g/mol. The molecule has 36 heavy (non-hydrogen) atoms. The van der Waals surface area contributed by atoms with Crippen molar-refractivity contribution >= 4 is 0 Å². The Balaban J connectivity index is 2.00. The molecule has 0 aromatic rings. The highest BCUT2D eigenvalue weighted by Gasteiger charge is 2.46. The van der Waals surface area contributed by atoms with Crippen LogP contribution in [0.4, 0.5) is 0 Å². The van der Waals surface area contributed by atoms with Gasteiger partial charge in [0, 0.05) is 13.2 Å². The molecule has 6 nitrogen and oxygen atoms in total. The van der Waals surface area contributed by atoms with Gasteiger partial charge in [0.05, 0.1) is 6.61 Å². The first kappa shape index (κ1) is 33.8. The van der Waals surface area contributed by atoms with Crippen LogP contribution in [0.1, 0.15) is 142 Å². The van der Waals surface area contributed by atoms with Crippen LogP contribution in [0.5, 0.6) is 0 Å². The summed E-state index contributed by atoms with van der Waals surface area (Å²) in [6.45, 7) is 5.67. The van der Waals surface area contributed by atoms with Crippen LogP contribution >= 0.6 is 0 Å². The van der Waals surface area contributed by atoms with Gasteiger partial charge in [0.15, 0.2) is 6.29 Å². The highest BCUT2D eigenvalue weighted by Crippen LogP contribution is 2.25. The van der Waals surface area contributed by atoms with E-state index in [4.69, 9.17) is 14.2 Å². The maximum Gasteiger partial charge on any atom is 0.186 e. The molecule has 1 saturated heterocycles. The van der Waals surface area contributed by atoms with Gasteiger partial charge in [0.25, 0.3) is 0 Å². The molecule has 0 aliphatic carbocycles. The normalized spacial score (nSPS) is 22.9. The molecular weight excluding hydrogens is 456 g/mol. The molecule has 0 spiro atoms. The van der Waals surface area contributed by atoms with Crippen molar-refractivity contribution in [1.82, 2.24) is 0 Å². The second-order valence-corrected chi connectivity index (χ2v) is 10.8. The Morgan fingerprint density at radius 1 is 0.583 bits per heavy atom. The Labute approximate surface area is 222 Å². The fourth-order valence-corrected chi connectivity index (χ4v) is 4.91. The van der Waals surface area contributed by atoms with Crippen molar-refractivity contribution in [2.24, 2.45) is 0 Å². The summed E-state index contributed by atoms with van der Waals surface area (Å²) in [5.41, 5.74) is 0. The number of unbranched alkanes of at least 4 members (excludes halogenated alkanes) is 18. The van der Waals surface area contributed by atoms with E-state index in [-0.39, 0.29) is 6.61 Å². The number of hydrogen-bond donors (Lipinski definition) is 3. The van der Waals surface area contributed by atoms with Gasteiger partial charge in [-0.05, 0) is 12.8 Å². The second-order valence-electron chi connectivity index (χ2n) is 10.8. The van der Waals surface area contributed by atoms with Gasteiger partial charge in [-0.2, -0.15) is 0 Å². The van der Waals surface area contributed by atoms with Crippen molar-refractivity contribution in [1.29, 1.82) is 0 Å². The minimum Gasteiger partial charge on any atom is -0.388 e. The molecule has 0 amide bonds. The van der Waals surface area contributed by atoms with E-state index in [0.717, 1.165) is 25.7 Å². The fraction of sp³-hybridized carbons (Fsp3) is 1.00. The molecule has 1 fully saturated rings. The lowest BCUT2D eigenvalue weighted by Crippen LogP contribution is -2.41. The van der Waals surface area contributed by atoms with Crippen LogP contribution in [0.15, 0.2) is 0 Å². The molecule has 0 aromatic carbocycles. The van der Waals surface area contributed by atoms with Gasteiger partial charge in [-0.25, -0.2) is 0 Å². The van der Waals surface area contributed by atoms with Crippen molar-refractivity contribution in [2.75, 3.05) is 19.8 Å². The second kappa shape index (κ2) is 23.8. The van der Waals surface area contributed by atoms with Crippen molar-refractivity contribution in [3.8, 4) is 0 Å². The monoisotopic (exact) mass is 516 g/mol. The molecule has 3 N–H and O–H groups in total. The molecule has 1 heterocycles. The van der Waals surface area contributed by atoms with Crippen molar-refractivity contribution in [2.45, 2.75) is 173 Å². The molecule has 0 saturated carbocycles. The van der Waals surface area contributed by atoms with Crippen LogP contribution < -0.4 is 0 Å². The minimum absolute atomic E-state index is 0.0943. The van der Waals surface area contributed by atoms with Gasteiger partial charge >= 0.3 is 0 Å². The number of rotatable bonds is 26. The molecule has 216 valence electrons. The van der Waals surface area contributed by atoms with E-state index in [0.29, 0.717) is 13.2 Å². The minimum atomic E-state index is -1.17. The molecule has 6 heteroatoms. The van der Waals surface area contributed by atoms with Crippen molar-refractivity contribution in [3.63, 3.8) is 0 Å². The highest BCUT2D eigenvalue weighted by molar-refractivity contribution is 4.90. The van der Waals surface area contributed by atoms with Gasteiger partial charge in [-0.15, -0.1) is 0 Å². The van der Waals surface area contributed by atoms with E-state index in [1.807, 2.05) is 0 Å². The predicted molar refractivity (Wildman–Crippen MR) is 147 cm³/mol. The zero-order chi connectivity index (χ0) is 26.3. The van der Waals surface area contributed by atoms with E-state index < -0.39 is 30.7 Å². The van der Waals surface area contributed by atoms with E-state index >= 15 is 0 Å². The first-order valence-electron chi connectivity index (χ1n) is 15.5. The average Bonchev–Trinajstić information content (AvgIpc) is 3.16. The Morgan fingerprint density at radius 2 is 1.00 bits per heavy atom. The molecule has 0 aromatic heterocycles. The largest absolute Gasteiger partial charge is 0.388 e. The highest BCUT2D eigenvalue weighted by atomic mass is 16.7. The molecule has 0 bridgehead atoms. The summed E-state index contributed by atoms with van der Waals surface area (Å²) in [7, 11) is 0. The van der Waals surface area contributed by atoms with Crippen LogP contribution in [0.2, 0.25) is 0 Å².